The van der Waals surface area contributed by atoms with Crippen LogP contribution in [0.25, 0.3) is 0 Å². The van der Waals surface area contributed by atoms with Gasteiger partial charge in [-0.3, -0.25) is 4.79 Å². The Labute approximate surface area is 79.4 Å². The minimum atomic E-state index is -0.373. The van der Waals surface area contributed by atoms with Crippen LogP contribution in [0.5, 0.6) is 0 Å². The summed E-state index contributed by atoms with van der Waals surface area (Å²) in [4.78, 5) is 14.8. The summed E-state index contributed by atoms with van der Waals surface area (Å²) in [5, 5.41) is 0. The zero-order valence-electron chi connectivity index (χ0n) is 8.84. The molecule has 0 saturated carbocycles. The van der Waals surface area contributed by atoms with Gasteiger partial charge in [-0.25, -0.2) is 0 Å². The molecule has 0 aromatic carbocycles. The molecule has 0 aromatic rings. The lowest BCUT2D eigenvalue weighted by molar-refractivity contribution is -0.196. The van der Waals surface area contributed by atoms with Crippen LogP contribution >= 0.6 is 0 Å². The molecule has 0 heterocycles. The first-order chi connectivity index (χ1) is 6.02. The molecule has 0 aliphatic rings. The van der Waals surface area contributed by atoms with Crippen LogP contribution in [0.15, 0.2) is 0 Å². The van der Waals surface area contributed by atoms with Gasteiger partial charge in [-0.05, 0) is 30.2 Å². The number of halogens is 1. The summed E-state index contributed by atoms with van der Waals surface area (Å²) >= 11 is 0. The van der Waals surface area contributed by atoms with Gasteiger partial charge in [0.05, 0.1) is 0 Å². The third-order valence-corrected chi connectivity index (χ3v) is 2.57. The Hall–Kier alpha value is -0.440. The van der Waals surface area contributed by atoms with Crippen LogP contribution in [0.4, 0.5) is 4.53 Å². The first kappa shape index (κ1) is 12.6. The second-order valence-corrected chi connectivity index (χ2v) is 3.76. The second kappa shape index (κ2) is 6.08. The van der Waals surface area contributed by atoms with Crippen LogP contribution in [-0.2, 0) is 9.74 Å². The van der Waals surface area contributed by atoms with Crippen LogP contribution in [0.1, 0.15) is 40.5 Å². The quantitative estimate of drug-likeness (QED) is 0.643. The van der Waals surface area contributed by atoms with E-state index in [-0.39, 0.29) is 23.7 Å². The molecule has 0 fully saturated rings. The Morgan fingerprint density at radius 3 is 2.31 bits per heavy atom. The molecule has 13 heavy (non-hydrogen) atoms. The Balaban J connectivity index is 3.96. The maximum Gasteiger partial charge on any atom is 0.132 e. The molecule has 0 saturated heterocycles. The Bertz CT molecular complexity index is 155. The van der Waals surface area contributed by atoms with Crippen molar-refractivity contribution in [3.05, 3.63) is 0 Å². The molecule has 78 valence electrons. The second-order valence-electron chi connectivity index (χ2n) is 3.76. The summed E-state index contributed by atoms with van der Waals surface area (Å²) in [5.41, 5.74) is 0. The van der Waals surface area contributed by atoms with E-state index in [0.29, 0.717) is 12.8 Å². The molecule has 2 nitrogen and oxygen atoms in total. The van der Waals surface area contributed by atoms with Gasteiger partial charge >= 0.3 is 0 Å². The average Bonchev–Trinajstić information content (AvgIpc) is 2.06. The van der Waals surface area contributed by atoms with E-state index in [1.165, 1.54) is 0 Å². The monoisotopic (exact) mass is 190 g/mol. The van der Waals surface area contributed by atoms with Crippen molar-refractivity contribution < 1.29 is 14.3 Å². The molecule has 0 aromatic heterocycles. The number of hydrogen-bond acceptors (Lipinski definition) is 2. The van der Waals surface area contributed by atoms with Gasteiger partial charge in [0.25, 0.3) is 0 Å². The van der Waals surface area contributed by atoms with Crippen molar-refractivity contribution in [3.8, 4) is 0 Å². The number of Topliss-reactive ketones (excluding diaryl/α,β-unsaturated/α-hetero) is 1. The Morgan fingerprint density at radius 1 is 1.46 bits per heavy atom. The van der Waals surface area contributed by atoms with Crippen LogP contribution in [-0.4, -0.2) is 11.9 Å². The predicted molar refractivity (Wildman–Crippen MR) is 49.9 cm³/mol. The van der Waals surface area contributed by atoms with E-state index in [9.17, 15) is 9.32 Å². The van der Waals surface area contributed by atoms with E-state index in [4.69, 9.17) is 0 Å². The smallest absolute Gasteiger partial charge is 0.132 e. The van der Waals surface area contributed by atoms with Crippen LogP contribution in [0.2, 0.25) is 0 Å². The van der Waals surface area contributed by atoms with Crippen molar-refractivity contribution in [2.75, 3.05) is 0 Å². The van der Waals surface area contributed by atoms with Gasteiger partial charge in [0, 0.05) is 5.92 Å². The Morgan fingerprint density at radius 2 is 2.00 bits per heavy atom. The fourth-order valence-electron chi connectivity index (χ4n) is 1.43. The van der Waals surface area contributed by atoms with Gasteiger partial charge in [0.1, 0.15) is 11.9 Å². The van der Waals surface area contributed by atoms with Gasteiger partial charge in [0.15, 0.2) is 0 Å². The maximum absolute atomic E-state index is 12.0. The van der Waals surface area contributed by atoms with Crippen molar-refractivity contribution >= 4 is 5.78 Å². The summed E-state index contributed by atoms with van der Waals surface area (Å²) in [6.07, 6.45) is 0.960. The molecule has 0 aliphatic heterocycles. The molecule has 3 unspecified atom stereocenters. The lowest BCUT2D eigenvalue weighted by atomic mass is 9.90. The van der Waals surface area contributed by atoms with Crippen molar-refractivity contribution in [1.29, 1.82) is 0 Å². The van der Waals surface area contributed by atoms with E-state index in [0.717, 1.165) is 0 Å². The average molecular weight is 190 g/mol. The highest BCUT2D eigenvalue weighted by atomic mass is 19.3. The highest BCUT2D eigenvalue weighted by Crippen LogP contribution is 2.20. The number of hydrogen-bond donors (Lipinski definition) is 0. The van der Waals surface area contributed by atoms with E-state index >= 15 is 0 Å². The third-order valence-electron chi connectivity index (χ3n) is 2.57. The highest BCUT2D eigenvalue weighted by Gasteiger charge is 2.20. The molecular formula is C10H19FO2. The fourth-order valence-corrected chi connectivity index (χ4v) is 1.43. The first-order valence-corrected chi connectivity index (χ1v) is 4.80. The molecule has 0 aliphatic carbocycles. The van der Waals surface area contributed by atoms with E-state index in [1.54, 1.807) is 6.92 Å². The summed E-state index contributed by atoms with van der Waals surface area (Å²) in [5.74, 6) is 0.244. The highest BCUT2D eigenvalue weighted by molar-refractivity contribution is 5.77. The predicted octanol–water partition coefficient (Wildman–Crippen LogP) is 2.92. The topological polar surface area (TPSA) is 26.3 Å². The lowest BCUT2D eigenvalue weighted by Gasteiger charge is -2.20. The molecule has 0 bridgehead atoms. The van der Waals surface area contributed by atoms with Gasteiger partial charge in [0.2, 0.25) is 0 Å². The summed E-state index contributed by atoms with van der Waals surface area (Å²) in [6.45, 7) is 7.21. The molecule has 0 radical (unpaired) electrons. The summed E-state index contributed by atoms with van der Waals surface area (Å²) < 4.78 is 12.0. The van der Waals surface area contributed by atoms with Gasteiger partial charge in [-0.2, -0.15) is 4.94 Å². The molecule has 0 amide bonds. The minimum Gasteiger partial charge on any atom is -0.300 e. The maximum atomic E-state index is 12.0. The van der Waals surface area contributed by atoms with Gasteiger partial charge in [-0.15, -0.1) is 0 Å². The van der Waals surface area contributed by atoms with Crippen LogP contribution < -0.4 is 0 Å². The molecule has 3 heteroatoms. The number of ketones is 1. The summed E-state index contributed by atoms with van der Waals surface area (Å²) in [6, 6.07) is 0. The molecule has 0 N–H and O–H groups in total. The lowest BCUT2D eigenvalue weighted by Crippen LogP contribution is -2.22. The van der Waals surface area contributed by atoms with E-state index in [2.05, 4.69) is 4.94 Å². The molecular weight excluding hydrogens is 171 g/mol. The summed E-state index contributed by atoms with van der Waals surface area (Å²) in [7, 11) is 0. The standard InChI is InChI=1S/C10H19FO2/c1-5-10(13-11)8(3)6-7(2)9(4)12/h7-8,10H,5-6H2,1-4H3. The first-order valence-electron chi connectivity index (χ1n) is 4.80. The zero-order valence-corrected chi connectivity index (χ0v) is 8.84. The van der Waals surface area contributed by atoms with E-state index in [1.807, 2.05) is 20.8 Å². The number of carbonyl (C=O) groups is 1. The van der Waals surface area contributed by atoms with Crippen molar-refractivity contribution in [1.82, 2.24) is 0 Å². The number of rotatable bonds is 6. The van der Waals surface area contributed by atoms with Crippen molar-refractivity contribution in [2.24, 2.45) is 11.8 Å². The third kappa shape index (κ3) is 4.36. The van der Waals surface area contributed by atoms with Gasteiger partial charge in [-0.1, -0.05) is 20.8 Å². The largest absolute Gasteiger partial charge is 0.300 e. The van der Waals surface area contributed by atoms with Crippen molar-refractivity contribution in [2.45, 2.75) is 46.6 Å². The number of carbonyl (C=O) groups excluding carboxylic acids is 1. The normalized spacial score (nSPS) is 17.9. The van der Waals surface area contributed by atoms with Crippen molar-refractivity contribution in [3.63, 3.8) is 0 Å². The van der Waals surface area contributed by atoms with E-state index < -0.39 is 0 Å². The SMILES string of the molecule is CCC(OF)C(C)CC(C)C(C)=O. The minimum absolute atomic E-state index is 0.000741. The molecule has 3 atom stereocenters. The van der Waals surface area contributed by atoms with Crippen LogP contribution in [0, 0.1) is 11.8 Å². The molecule has 0 rings (SSSR count). The fraction of sp³-hybridized carbons (Fsp3) is 0.900. The zero-order chi connectivity index (χ0) is 10.4. The van der Waals surface area contributed by atoms with Crippen LogP contribution in [0.3, 0.4) is 0 Å². The molecule has 0 spiro atoms. The van der Waals surface area contributed by atoms with Gasteiger partial charge < -0.3 is 0 Å². The Kier molecular flexibility index (Phi) is 5.88.